The summed E-state index contributed by atoms with van der Waals surface area (Å²) >= 11 is 0. The van der Waals surface area contributed by atoms with E-state index in [4.69, 9.17) is 0 Å². The third kappa shape index (κ3) is 2.68. The minimum absolute atomic E-state index is 0.338. The van der Waals surface area contributed by atoms with Gasteiger partial charge < -0.3 is 0 Å². The smallest absolute Gasteiger partial charge is 0.132 e. The van der Waals surface area contributed by atoms with Crippen LogP contribution < -0.4 is 0 Å². The van der Waals surface area contributed by atoms with Gasteiger partial charge in [0.25, 0.3) is 0 Å². The third-order valence-electron chi connectivity index (χ3n) is 3.27. The van der Waals surface area contributed by atoms with Gasteiger partial charge in [0.15, 0.2) is 0 Å². The number of nitrogens with zero attached hydrogens (tertiary/aromatic N) is 1. The van der Waals surface area contributed by atoms with Gasteiger partial charge in [-0.15, -0.1) is 0 Å². The second kappa shape index (κ2) is 5.44. The number of pyridine rings is 1. The average Bonchev–Trinajstić information content (AvgIpc) is 2.47. The van der Waals surface area contributed by atoms with Crippen molar-refractivity contribution in [3.8, 4) is 22.5 Å². The molecule has 0 saturated heterocycles. The van der Waals surface area contributed by atoms with Gasteiger partial charge in [0.05, 0.1) is 11.4 Å². The zero-order valence-corrected chi connectivity index (χ0v) is 11.5. The maximum Gasteiger partial charge on any atom is 0.132 e. The zero-order chi connectivity index (χ0) is 14.8. The molecule has 1 heterocycles. The summed E-state index contributed by atoms with van der Waals surface area (Å²) in [6, 6.07) is 16.5. The SMILES string of the molecule is Cc1cc(-c2ccccc2F)nc(-c2ccccc2F)c1. The molecule has 0 fully saturated rings. The van der Waals surface area contributed by atoms with Crippen molar-refractivity contribution in [2.24, 2.45) is 0 Å². The van der Waals surface area contributed by atoms with Gasteiger partial charge in [-0.2, -0.15) is 0 Å². The minimum Gasteiger partial charge on any atom is -0.248 e. The van der Waals surface area contributed by atoms with Crippen molar-refractivity contribution < 1.29 is 8.78 Å². The summed E-state index contributed by atoms with van der Waals surface area (Å²) in [6.45, 7) is 1.89. The Morgan fingerprint density at radius 1 is 0.714 bits per heavy atom. The molecule has 104 valence electrons. The molecule has 0 radical (unpaired) electrons. The highest BCUT2D eigenvalue weighted by Gasteiger charge is 2.11. The molecule has 0 aliphatic heterocycles. The van der Waals surface area contributed by atoms with Crippen LogP contribution in [0.1, 0.15) is 5.56 Å². The van der Waals surface area contributed by atoms with E-state index in [1.54, 1.807) is 48.5 Å². The molecule has 0 amide bonds. The van der Waals surface area contributed by atoms with Crippen molar-refractivity contribution in [1.29, 1.82) is 0 Å². The van der Waals surface area contributed by atoms with Gasteiger partial charge in [-0.25, -0.2) is 13.8 Å². The highest BCUT2D eigenvalue weighted by Crippen LogP contribution is 2.27. The predicted molar refractivity (Wildman–Crippen MR) is 79.8 cm³/mol. The second-order valence-corrected chi connectivity index (χ2v) is 4.87. The van der Waals surface area contributed by atoms with Gasteiger partial charge in [0.2, 0.25) is 0 Å². The van der Waals surface area contributed by atoms with E-state index < -0.39 is 0 Å². The molecular weight excluding hydrogens is 268 g/mol. The van der Waals surface area contributed by atoms with Crippen molar-refractivity contribution in [3.05, 3.63) is 77.9 Å². The summed E-state index contributed by atoms with van der Waals surface area (Å²) in [5, 5.41) is 0. The van der Waals surface area contributed by atoms with Crippen molar-refractivity contribution >= 4 is 0 Å². The molecule has 3 heteroatoms. The average molecular weight is 281 g/mol. The molecule has 0 spiro atoms. The van der Waals surface area contributed by atoms with Crippen molar-refractivity contribution in [3.63, 3.8) is 0 Å². The van der Waals surface area contributed by atoms with Crippen LogP contribution in [0.2, 0.25) is 0 Å². The number of aryl methyl sites for hydroxylation is 1. The fourth-order valence-corrected chi connectivity index (χ4v) is 2.28. The lowest BCUT2D eigenvalue weighted by molar-refractivity contribution is 0.630. The first-order valence-electron chi connectivity index (χ1n) is 6.63. The molecule has 0 aliphatic carbocycles. The Kier molecular flexibility index (Phi) is 3.48. The molecule has 2 aromatic carbocycles. The highest BCUT2D eigenvalue weighted by molar-refractivity contribution is 5.68. The third-order valence-corrected chi connectivity index (χ3v) is 3.27. The second-order valence-electron chi connectivity index (χ2n) is 4.87. The van der Waals surface area contributed by atoms with Crippen molar-refractivity contribution in [2.75, 3.05) is 0 Å². The van der Waals surface area contributed by atoms with E-state index in [9.17, 15) is 8.78 Å². The van der Waals surface area contributed by atoms with E-state index in [1.807, 2.05) is 6.92 Å². The Hall–Kier alpha value is -2.55. The van der Waals surface area contributed by atoms with Gasteiger partial charge in [-0.05, 0) is 48.9 Å². The lowest BCUT2D eigenvalue weighted by Gasteiger charge is -2.08. The number of hydrogen-bond donors (Lipinski definition) is 0. The molecule has 0 aliphatic rings. The van der Waals surface area contributed by atoms with Crippen LogP contribution in [-0.4, -0.2) is 4.98 Å². The van der Waals surface area contributed by atoms with E-state index in [0.29, 0.717) is 22.5 Å². The summed E-state index contributed by atoms with van der Waals surface area (Å²) in [5.41, 5.74) is 2.75. The topological polar surface area (TPSA) is 12.9 Å². The van der Waals surface area contributed by atoms with Crippen molar-refractivity contribution in [1.82, 2.24) is 4.98 Å². The molecule has 0 N–H and O–H groups in total. The van der Waals surface area contributed by atoms with Gasteiger partial charge in [0, 0.05) is 11.1 Å². The van der Waals surface area contributed by atoms with Crippen LogP contribution in [0.25, 0.3) is 22.5 Å². The van der Waals surface area contributed by atoms with Crippen LogP contribution in [-0.2, 0) is 0 Å². The molecule has 3 aromatic rings. The van der Waals surface area contributed by atoms with Crippen LogP contribution in [0.15, 0.2) is 60.7 Å². The van der Waals surface area contributed by atoms with E-state index in [2.05, 4.69) is 4.98 Å². The number of hydrogen-bond acceptors (Lipinski definition) is 1. The summed E-state index contributed by atoms with van der Waals surface area (Å²) in [7, 11) is 0. The van der Waals surface area contributed by atoms with Gasteiger partial charge in [0.1, 0.15) is 11.6 Å². The van der Waals surface area contributed by atoms with Crippen LogP contribution in [0.5, 0.6) is 0 Å². The molecule has 21 heavy (non-hydrogen) atoms. The largest absolute Gasteiger partial charge is 0.248 e. The van der Waals surface area contributed by atoms with Crippen LogP contribution in [0.3, 0.4) is 0 Å². The fourth-order valence-electron chi connectivity index (χ4n) is 2.28. The number of benzene rings is 2. The molecular formula is C18H13F2N. The van der Waals surface area contributed by atoms with Gasteiger partial charge in [-0.3, -0.25) is 0 Å². The fraction of sp³-hybridized carbons (Fsp3) is 0.0556. The number of rotatable bonds is 2. The molecule has 0 saturated carbocycles. The van der Waals surface area contributed by atoms with Crippen molar-refractivity contribution in [2.45, 2.75) is 6.92 Å². The Morgan fingerprint density at radius 3 is 1.57 bits per heavy atom. The Morgan fingerprint density at radius 2 is 1.14 bits per heavy atom. The quantitative estimate of drug-likeness (QED) is 0.644. The van der Waals surface area contributed by atoms with Crippen LogP contribution in [0.4, 0.5) is 8.78 Å². The molecule has 0 bridgehead atoms. The summed E-state index contributed by atoms with van der Waals surface area (Å²) in [6.07, 6.45) is 0. The highest BCUT2D eigenvalue weighted by atomic mass is 19.1. The van der Waals surface area contributed by atoms with E-state index in [1.165, 1.54) is 12.1 Å². The minimum atomic E-state index is -0.338. The number of aromatic nitrogens is 1. The van der Waals surface area contributed by atoms with Gasteiger partial charge >= 0.3 is 0 Å². The molecule has 0 unspecified atom stereocenters. The standard InChI is InChI=1S/C18H13F2N/c1-12-10-17(13-6-2-4-8-15(13)19)21-18(11-12)14-7-3-5-9-16(14)20/h2-11H,1H3. The first-order chi connectivity index (χ1) is 10.1. The van der Waals surface area contributed by atoms with E-state index in [-0.39, 0.29) is 11.6 Å². The molecule has 3 rings (SSSR count). The Balaban J connectivity index is 2.18. The first kappa shape index (κ1) is 13.4. The first-order valence-corrected chi connectivity index (χ1v) is 6.63. The zero-order valence-electron chi connectivity index (χ0n) is 11.5. The van der Waals surface area contributed by atoms with E-state index in [0.717, 1.165) is 5.56 Å². The maximum absolute atomic E-state index is 13.9. The van der Waals surface area contributed by atoms with E-state index >= 15 is 0 Å². The summed E-state index contributed by atoms with van der Waals surface area (Å²) in [4.78, 5) is 4.42. The molecule has 1 nitrogen and oxygen atoms in total. The lowest BCUT2D eigenvalue weighted by Crippen LogP contribution is -1.94. The predicted octanol–water partition coefficient (Wildman–Crippen LogP) is 5.00. The molecule has 1 aromatic heterocycles. The normalized spacial score (nSPS) is 10.6. The number of halogens is 2. The Labute approximate surface area is 121 Å². The summed E-state index contributed by atoms with van der Waals surface area (Å²) in [5.74, 6) is -0.676. The van der Waals surface area contributed by atoms with Gasteiger partial charge in [-0.1, -0.05) is 24.3 Å². The monoisotopic (exact) mass is 281 g/mol. The summed E-state index contributed by atoms with van der Waals surface area (Å²) < 4.78 is 27.8. The van der Waals surface area contributed by atoms with Crippen LogP contribution in [0, 0.1) is 18.6 Å². The maximum atomic E-state index is 13.9. The van der Waals surface area contributed by atoms with Crippen LogP contribution >= 0.6 is 0 Å². The Bertz CT molecular complexity index is 733. The molecule has 0 atom stereocenters. The lowest BCUT2D eigenvalue weighted by atomic mass is 10.0.